The minimum Gasteiger partial charge on any atom is -0.457 e. The fourth-order valence-corrected chi connectivity index (χ4v) is 3.97. The zero-order chi connectivity index (χ0) is 28.3. The van der Waals surface area contributed by atoms with Crippen LogP contribution in [0.3, 0.4) is 0 Å². The number of aryl methyl sites for hydroxylation is 1. The van der Waals surface area contributed by atoms with Crippen molar-refractivity contribution >= 4 is 28.7 Å². The molecule has 3 rings (SSSR count). The summed E-state index contributed by atoms with van der Waals surface area (Å²) in [7, 11) is 0. The first-order valence-electron chi connectivity index (χ1n) is 13.1. The maximum absolute atomic E-state index is 13.2. The van der Waals surface area contributed by atoms with Crippen molar-refractivity contribution in [1.29, 1.82) is 0 Å². The average molecular weight is 531 g/mol. The van der Waals surface area contributed by atoms with E-state index in [-0.39, 0.29) is 36.8 Å². The van der Waals surface area contributed by atoms with Gasteiger partial charge in [-0.25, -0.2) is 9.78 Å². The minimum atomic E-state index is -0.778. The number of carbonyl (C=O) groups excluding carboxylic acids is 2. The molecule has 2 heterocycles. The molecule has 0 saturated carbocycles. The van der Waals surface area contributed by atoms with Crippen LogP contribution in [0.2, 0.25) is 0 Å². The van der Waals surface area contributed by atoms with Crippen molar-refractivity contribution in [3.05, 3.63) is 34.9 Å². The molecule has 0 radical (unpaired) electrons. The molecule has 210 valence electrons. The summed E-state index contributed by atoms with van der Waals surface area (Å²) in [5.74, 6) is -0.406. The number of rotatable bonds is 7. The van der Waals surface area contributed by atoms with E-state index in [0.29, 0.717) is 37.1 Å². The summed E-state index contributed by atoms with van der Waals surface area (Å²) >= 11 is 0. The van der Waals surface area contributed by atoms with Gasteiger partial charge in [0.25, 0.3) is 5.56 Å². The van der Waals surface area contributed by atoms with Crippen molar-refractivity contribution in [3.63, 3.8) is 0 Å². The van der Waals surface area contributed by atoms with Crippen LogP contribution >= 0.6 is 0 Å². The topological polar surface area (TPSA) is 103 Å². The summed E-state index contributed by atoms with van der Waals surface area (Å²) in [6.45, 7) is 17.7. The average Bonchev–Trinajstić information content (AvgIpc) is 2.81. The highest BCUT2D eigenvalue weighted by Gasteiger charge is 2.27. The van der Waals surface area contributed by atoms with Gasteiger partial charge in [-0.05, 0) is 73.6 Å². The molecule has 1 aliphatic rings. The standard InChI is InChI=1S/C28H42N4O6/c1-26(2,3)36-18-28(7,8)37-23(33)11-12-32-19-29-22-10-9-20(17-21(22)24(32)34)30-13-15-31(16-14-30)25(35)38-27(4,5)6/h9-10,17,19H,11-16,18H2,1-8H3. The molecule has 0 aliphatic carbocycles. The zero-order valence-electron chi connectivity index (χ0n) is 24.0. The number of piperazine rings is 1. The van der Waals surface area contributed by atoms with Gasteiger partial charge in [-0.15, -0.1) is 0 Å². The second kappa shape index (κ2) is 11.3. The number of anilines is 1. The fourth-order valence-electron chi connectivity index (χ4n) is 3.97. The number of benzene rings is 1. The Kier molecular flexibility index (Phi) is 8.75. The van der Waals surface area contributed by atoms with E-state index in [1.54, 1.807) is 18.7 Å². The van der Waals surface area contributed by atoms with Gasteiger partial charge in [0.15, 0.2) is 0 Å². The summed E-state index contributed by atoms with van der Waals surface area (Å²) in [5, 5.41) is 0.479. The van der Waals surface area contributed by atoms with Crippen LogP contribution in [0.4, 0.5) is 10.5 Å². The van der Waals surface area contributed by atoms with Crippen LogP contribution in [-0.2, 0) is 25.5 Å². The molecular formula is C28H42N4O6. The molecular weight excluding hydrogens is 488 g/mol. The highest BCUT2D eigenvalue weighted by Crippen LogP contribution is 2.22. The molecule has 10 nitrogen and oxygen atoms in total. The Labute approximate surface area is 224 Å². The van der Waals surface area contributed by atoms with Crippen molar-refractivity contribution in [2.45, 2.75) is 85.2 Å². The summed E-state index contributed by atoms with van der Waals surface area (Å²) in [6.07, 6.45) is 1.19. The highest BCUT2D eigenvalue weighted by atomic mass is 16.6. The molecule has 1 aliphatic heterocycles. The van der Waals surface area contributed by atoms with Crippen molar-refractivity contribution in [1.82, 2.24) is 14.5 Å². The van der Waals surface area contributed by atoms with Crippen LogP contribution < -0.4 is 10.5 Å². The first-order chi connectivity index (χ1) is 17.5. The van der Waals surface area contributed by atoms with E-state index in [9.17, 15) is 14.4 Å². The van der Waals surface area contributed by atoms with Gasteiger partial charge in [0.1, 0.15) is 11.2 Å². The second-order valence-corrected chi connectivity index (χ2v) is 12.3. The largest absolute Gasteiger partial charge is 0.457 e. The molecule has 0 unspecified atom stereocenters. The Hall–Kier alpha value is -3.14. The predicted octanol–water partition coefficient (Wildman–Crippen LogP) is 3.98. The Bertz CT molecular complexity index is 1200. The van der Waals surface area contributed by atoms with Gasteiger partial charge in [-0.2, -0.15) is 0 Å². The fraction of sp³-hybridized carbons (Fsp3) is 0.643. The number of ether oxygens (including phenoxy) is 3. The lowest BCUT2D eigenvalue weighted by atomic mass is 10.1. The molecule has 38 heavy (non-hydrogen) atoms. The molecule has 10 heteroatoms. The van der Waals surface area contributed by atoms with Crippen LogP contribution in [0.15, 0.2) is 29.3 Å². The zero-order valence-corrected chi connectivity index (χ0v) is 24.0. The quantitative estimate of drug-likeness (QED) is 0.495. The third-order valence-electron chi connectivity index (χ3n) is 5.90. The predicted molar refractivity (Wildman–Crippen MR) is 147 cm³/mol. The Morgan fingerprint density at radius 1 is 0.921 bits per heavy atom. The number of amides is 1. The summed E-state index contributed by atoms with van der Waals surface area (Å²) in [6, 6.07) is 5.58. The van der Waals surface area contributed by atoms with Gasteiger partial charge in [0, 0.05) is 38.4 Å². The monoisotopic (exact) mass is 530 g/mol. The second-order valence-electron chi connectivity index (χ2n) is 12.3. The molecule has 0 atom stereocenters. The van der Waals surface area contributed by atoms with Gasteiger partial charge in [-0.1, -0.05) is 0 Å². The SMILES string of the molecule is CC(C)(C)OCC(C)(C)OC(=O)CCn1cnc2ccc(N3CCN(C(=O)OC(C)(C)C)CC3)cc2c1=O. The molecule has 0 spiro atoms. The number of aromatic nitrogens is 2. The maximum Gasteiger partial charge on any atom is 0.410 e. The van der Waals surface area contributed by atoms with Crippen LogP contribution in [0.25, 0.3) is 10.9 Å². The van der Waals surface area contributed by atoms with Crippen molar-refractivity contribution in [2.24, 2.45) is 0 Å². The van der Waals surface area contributed by atoms with E-state index < -0.39 is 17.2 Å². The number of carbonyl (C=O) groups is 2. The van der Waals surface area contributed by atoms with Gasteiger partial charge in [0.05, 0.1) is 35.9 Å². The summed E-state index contributed by atoms with van der Waals surface area (Å²) < 4.78 is 18.3. The van der Waals surface area contributed by atoms with Crippen LogP contribution in [0, 0.1) is 0 Å². The molecule has 1 amide bonds. The van der Waals surface area contributed by atoms with Gasteiger partial charge in [0.2, 0.25) is 0 Å². The van der Waals surface area contributed by atoms with Crippen molar-refractivity contribution < 1.29 is 23.8 Å². The number of esters is 1. The van der Waals surface area contributed by atoms with E-state index in [1.807, 2.05) is 59.7 Å². The third-order valence-corrected chi connectivity index (χ3v) is 5.90. The van der Waals surface area contributed by atoms with Gasteiger partial charge in [-0.3, -0.25) is 14.2 Å². The lowest BCUT2D eigenvalue weighted by Gasteiger charge is -2.36. The smallest absolute Gasteiger partial charge is 0.410 e. The Morgan fingerprint density at radius 3 is 2.18 bits per heavy atom. The summed E-state index contributed by atoms with van der Waals surface area (Å²) in [5.41, 5.74) is -0.388. The Balaban J connectivity index is 1.63. The number of hydrogen-bond donors (Lipinski definition) is 0. The lowest BCUT2D eigenvalue weighted by molar-refractivity contribution is -0.167. The van der Waals surface area contributed by atoms with Crippen molar-refractivity contribution in [3.8, 4) is 0 Å². The first-order valence-corrected chi connectivity index (χ1v) is 13.1. The van der Waals surface area contributed by atoms with Crippen LogP contribution in [-0.4, -0.2) is 76.1 Å². The van der Waals surface area contributed by atoms with E-state index >= 15 is 0 Å². The van der Waals surface area contributed by atoms with Gasteiger partial charge < -0.3 is 24.0 Å². The number of fused-ring (bicyclic) bond motifs is 1. The minimum absolute atomic E-state index is 0.0400. The molecule has 0 N–H and O–H groups in total. The van der Waals surface area contributed by atoms with E-state index in [1.165, 1.54) is 10.9 Å². The summed E-state index contributed by atoms with van der Waals surface area (Å²) in [4.78, 5) is 46.3. The highest BCUT2D eigenvalue weighted by molar-refractivity contribution is 5.81. The Morgan fingerprint density at radius 2 is 1.58 bits per heavy atom. The van der Waals surface area contributed by atoms with Crippen LogP contribution in [0.5, 0.6) is 0 Å². The molecule has 0 bridgehead atoms. The normalized spacial score (nSPS) is 15.1. The number of hydrogen-bond acceptors (Lipinski definition) is 8. The van der Waals surface area contributed by atoms with Crippen LogP contribution in [0.1, 0.15) is 61.8 Å². The van der Waals surface area contributed by atoms with Crippen molar-refractivity contribution in [2.75, 3.05) is 37.7 Å². The third kappa shape index (κ3) is 8.44. The maximum atomic E-state index is 13.2. The van der Waals surface area contributed by atoms with E-state index in [4.69, 9.17) is 14.2 Å². The molecule has 1 aromatic carbocycles. The lowest BCUT2D eigenvalue weighted by Crippen LogP contribution is -2.50. The number of nitrogens with zero attached hydrogens (tertiary/aromatic N) is 4. The first kappa shape index (κ1) is 29.4. The van der Waals surface area contributed by atoms with E-state index in [2.05, 4.69) is 9.88 Å². The molecule has 2 aromatic rings. The van der Waals surface area contributed by atoms with E-state index in [0.717, 1.165) is 5.69 Å². The molecule has 1 fully saturated rings. The molecule has 1 saturated heterocycles. The molecule has 1 aromatic heterocycles. The van der Waals surface area contributed by atoms with Gasteiger partial charge >= 0.3 is 12.1 Å².